The lowest BCUT2D eigenvalue weighted by Crippen LogP contribution is -2.38. The van der Waals surface area contributed by atoms with Crippen molar-refractivity contribution in [3.05, 3.63) is 70.9 Å². The molecule has 0 spiro atoms. The normalized spacial score (nSPS) is 12.3. The van der Waals surface area contributed by atoms with Gasteiger partial charge in [0.15, 0.2) is 5.11 Å². The highest BCUT2D eigenvalue weighted by molar-refractivity contribution is 7.80. The highest BCUT2D eigenvalue weighted by atomic mass is 35.5. The number of fused-ring (bicyclic) bond motifs is 1. The fourth-order valence-corrected chi connectivity index (χ4v) is 3.83. The molecular formula is C22H27ClN4S. The van der Waals surface area contributed by atoms with Crippen LogP contribution >= 0.6 is 23.8 Å². The molecular weight excluding hydrogens is 388 g/mol. The van der Waals surface area contributed by atoms with E-state index in [1.807, 2.05) is 24.3 Å². The maximum Gasteiger partial charge on any atom is 0.166 e. The van der Waals surface area contributed by atoms with Crippen LogP contribution in [0.1, 0.15) is 23.5 Å². The molecule has 4 nitrogen and oxygen atoms in total. The smallest absolute Gasteiger partial charge is 0.166 e. The fourth-order valence-electron chi connectivity index (χ4n) is 3.38. The van der Waals surface area contributed by atoms with E-state index in [9.17, 15) is 0 Å². The van der Waals surface area contributed by atoms with Crippen LogP contribution in [0.2, 0.25) is 5.02 Å². The molecule has 0 bridgehead atoms. The minimum atomic E-state index is 0.0892. The van der Waals surface area contributed by atoms with Gasteiger partial charge in [-0.15, -0.1) is 0 Å². The maximum atomic E-state index is 6.54. The van der Waals surface area contributed by atoms with Crippen LogP contribution in [0, 0.1) is 0 Å². The molecule has 148 valence electrons. The molecule has 0 amide bonds. The molecule has 0 aliphatic rings. The fraction of sp³-hybridized carbons (Fsp3) is 0.318. The zero-order valence-corrected chi connectivity index (χ0v) is 17.9. The zero-order valence-electron chi connectivity index (χ0n) is 16.3. The molecule has 0 fully saturated rings. The molecule has 0 aliphatic heterocycles. The quantitative estimate of drug-likeness (QED) is 0.378. The van der Waals surface area contributed by atoms with Gasteiger partial charge in [0.05, 0.1) is 0 Å². The van der Waals surface area contributed by atoms with Crippen LogP contribution in [0.3, 0.4) is 0 Å². The minimum absolute atomic E-state index is 0.0892. The van der Waals surface area contributed by atoms with Gasteiger partial charge in [0, 0.05) is 41.1 Å². The summed E-state index contributed by atoms with van der Waals surface area (Å²) in [5.41, 5.74) is 3.43. The Morgan fingerprint density at radius 1 is 1.07 bits per heavy atom. The van der Waals surface area contributed by atoms with Crippen molar-refractivity contribution in [1.29, 1.82) is 0 Å². The highest BCUT2D eigenvalue weighted by Crippen LogP contribution is 2.33. The number of H-pyrrole nitrogens is 1. The monoisotopic (exact) mass is 414 g/mol. The Morgan fingerprint density at radius 3 is 2.61 bits per heavy atom. The first-order chi connectivity index (χ1) is 13.6. The van der Waals surface area contributed by atoms with Crippen LogP contribution in [0.15, 0.2) is 54.7 Å². The Labute approximate surface area is 177 Å². The Bertz CT molecular complexity index is 922. The number of benzene rings is 2. The van der Waals surface area contributed by atoms with Gasteiger partial charge >= 0.3 is 0 Å². The largest absolute Gasteiger partial charge is 0.363 e. The number of thiocarbonyl (C=S) groups is 1. The number of hydrogen-bond donors (Lipinski definition) is 3. The van der Waals surface area contributed by atoms with Crippen molar-refractivity contribution in [1.82, 2.24) is 20.5 Å². The molecule has 0 saturated heterocycles. The highest BCUT2D eigenvalue weighted by Gasteiger charge is 2.20. The number of aromatic nitrogens is 1. The van der Waals surface area contributed by atoms with Crippen molar-refractivity contribution in [3.8, 4) is 0 Å². The first-order valence-corrected chi connectivity index (χ1v) is 10.3. The van der Waals surface area contributed by atoms with Gasteiger partial charge in [-0.25, -0.2) is 0 Å². The summed E-state index contributed by atoms with van der Waals surface area (Å²) in [5, 5.41) is 9.33. The Balaban J connectivity index is 1.75. The van der Waals surface area contributed by atoms with Gasteiger partial charge in [-0.05, 0) is 62.5 Å². The van der Waals surface area contributed by atoms with Crippen LogP contribution in [0.5, 0.6) is 0 Å². The van der Waals surface area contributed by atoms with E-state index in [4.69, 9.17) is 23.8 Å². The topological polar surface area (TPSA) is 43.1 Å². The molecule has 0 unspecified atom stereocenters. The third kappa shape index (κ3) is 5.25. The molecule has 1 heterocycles. The number of nitrogens with one attached hydrogen (secondary N) is 3. The van der Waals surface area contributed by atoms with Gasteiger partial charge in [0.1, 0.15) is 0 Å². The molecule has 1 aromatic heterocycles. The van der Waals surface area contributed by atoms with E-state index < -0.39 is 0 Å². The average Bonchev–Trinajstić information content (AvgIpc) is 3.11. The summed E-state index contributed by atoms with van der Waals surface area (Å²) in [6, 6.07) is 16.4. The summed E-state index contributed by atoms with van der Waals surface area (Å²) < 4.78 is 0. The Morgan fingerprint density at radius 2 is 1.82 bits per heavy atom. The number of hydrogen-bond acceptors (Lipinski definition) is 2. The predicted molar refractivity (Wildman–Crippen MR) is 123 cm³/mol. The molecule has 3 N–H and O–H groups in total. The summed E-state index contributed by atoms with van der Waals surface area (Å²) in [5.74, 6) is 0.0892. The van der Waals surface area contributed by atoms with Gasteiger partial charge in [-0.1, -0.05) is 48.0 Å². The first kappa shape index (κ1) is 20.6. The Kier molecular flexibility index (Phi) is 7.31. The summed E-state index contributed by atoms with van der Waals surface area (Å²) in [6.07, 6.45) is 3.12. The molecule has 6 heteroatoms. The number of nitrogens with zero attached hydrogens (tertiary/aromatic N) is 1. The third-order valence-electron chi connectivity index (χ3n) is 4.81. The molecule has 0 aliphatic carbocycles. The van der Waals surface area contributed by atoms with Crippen molar-refractivity contribution in [2.75, 3.05) is 33.7 Å². The van der Waals surface area contributed by atoms with Gasteiger partial charge in [-0.2, -0.15) is 0 Å². The van der Waals surface area contributed by atoms with E-state index in [1.165, 1.54) is 10.9 Å². The second-order valence-corrected chi connectivity index (χ2v) is 7.97. The maximum absolute atomic E-state index is 6.54. The molecule has 1 atom stereocenters. The summed E-state index contributed by atoms with van der Waals surface area (Å²) in [6.45, 7) is 2.56. The van der Waals surface area contributed by atoms with Crippen LogP contribution < -0.4 is 10.6 Å². The SMILES string of the molecule is CN(C)CCCNC(=S)NC[C@H](c1ccccc1Cl)c1c[nH]c2ccccc12. The van der Waals surface area contributed by atoms with Crippen LogP contribution in [-0.4, -0.2) is 48.7 Å². The van der Waals surface area contributed by atoms with Gasteiger partial charge in [0.2, 0.25) is 0 Å². The summed E-state index contributed by atoms with van der Waals surface area (Å²) in [4.78, 5) is 5.54. The average molecular weight is 415 g/mol. The molecule has 2 aromatic carbocycles. The summed E-state index contributed by atoms with van der Waals surface area (Å²) in [7, 11) is 4.15. The van der Waals surface area contributed by atoms with Crippen molar-refractivity contribution >= 4 is 39.8 Å². The van der Waals surface area contributed by atoms with Crippen molar-refractivity contribution in [3.63, 3.8) is 0 Å². The second-order valence-electron chi connectivity index (χ2n) is 7.16. The lowest BCUT2D eigenvalue weighted by Gasteiger charge is -2.21. The number of rotatable bonds is 8. The number of para-hydroxylation sites is 1. The van der Waals surface area contributed by atoms with E-state index in [1.54, 1.807) is 0 Å². The van der Waals surface area contributed by atoms with Crippen molar-refractivity contribution < 1.29 is 0 Å². The zero-order chi connectivity index (χ0) is 19.9. The standard InChI is InChI=1S/C22H27ClN4S/c1-27(2)13-7-12-24-22(28)26-15-18(16-8-3-5-10-20(16)23)19-14-25-21-11-6-4-9-17(19)21/h3-6,8-11,14,18,25H,7,12-13,15H2,1-2H3,(H2,24,26,28)/t18-/m1/s1. The van der Waals surface area contributed by atoms with E-state index in [2.05, 4.69) is 65.1 Å². The van der Waals surface area contributed by atoms with E-state index >= 15 is 0 Å². The first-order valence-electron chi connectivity index (χ1n) is 9.53. The lowest BCUT2D eigenvalue weighted by molar-refractivity contribution is 0.400. The van der Waals surface area contributed by atoms with E-state index in [-0.39, 0.29) is 5.92 Å². The molecule has 3 aromatic rings. The van der Waals surface area contributed by atoms with Crippen molar-refractivity contribution in [2.45, 2.75) is 12.3 Å². The van der Waals surface area contributed by atoms with Gasteiger partial charge < -0.3 is 20.5 Å². The Hall–Kier alpha value is -2.08. The summed E-state index contributed by atoms with van der Waals surface area (Å²) >= 11 is 12.0. The molecule has 28 heavy (non-hydrogen) atoms. The minimum Gasteiger partial charge on any atom is -0.363 e. The molecule has 0 saturated carbocycles. The third-order valence-corrected chi connectivity index (χ3v) is 5.44. The van der Waals surface area contributed by atoms with Gasteiger partial charge in [0.25, 0.3) is 0 Å². The predicted octanol–water partition coefficient (Wildman–Crippen LogP) is 4.37. The lowest BCUT2D eigenvalue weighted by atomic mass is 9.91. The van der Waals surface area contributed by atoms with Crippen LogP contribution in [0.4, 0.5) is 0 Å². The molecule has 3 rings (SSSR count). The van der Waals surface area contributed by atoms with Crippen LogP contribution in [0.25, 0.3) is 10.9 Å². The van der Waals surface area contributed by atoms with E-state index in [0.29, 0.717) is 11.7 Å². The van der Waals surface area contributed by atoms with Crippen LogP contribution in [-0.2, 0) is 0 Å². The molecule has 0 radical (unpaired) electrons. The number of aromatic amines is 1. The van der Waals surface area contributed by atoms with Gasteiger partial charge in [-0.3, -0.25) is 0 Å². The van der Waals surface area contributed by atoms with Crippen molar-refractivity contribution in [2.24, 2.45) is 0 Å². The second kappa shape index (κ2) is 9.92. The number of halogens is 1. The van der Waals surface area contributed by atoms with E-state index in [0.717, 1.165) is 35.6 Å².